The van der Waals surface area contributed by atoms with Crippen LogP contribution in [-0.4, -0.2) is 49.3 Å². The second-order valence-electron chi connectivity index (χ2n) is 3.56. The summed E-state index contributed by atoms with van der Waals surface area (Å²) in [4.78, 5) is 5.94. The van der Waals surface area contributed by atoms with Gasteiger partial charge in [-0.1, -0.05) is 0 Å². The topological polar surface area (TPSA) is 95.5 Å². The molecule has 0 saturated heterocycles. The minimum atomic E-state index is 0.0190. The van der Waals surface area contributed by atoms with Crippen LogP contribution in [0.3, 0.4) is 0 Å². The van der Waals surface area contributed by atoms with E-state index in [0.29, 0.717) is 25.3 Å². The van der Waals surface area contributed by atoms with Crippen molar-refractivity contribution in [3.8, 4) is 0 Å². The normalized spacial score (nSPS) is 10.2. The summed E-state index contributed by atoms with van der Waals surface area (Å²) in [6.07, 6.45) is 3.28. The number of ether oxygens (including phenoxy) is 1. The zero-order valence-corrected chi connectivity index (χ0v) is 9.89. The molecule has 6 heteroatoms. The first-order valence-electron chi connectivity index (χ1n) is 5.35. The molecule has 1 aromatic rings. The molecule has 0 radical (unpaired) electrons. The summed E-state index contributed by atoms with van der Waals surface area (Å²) in [6, 6.07) is 1.71. The van der Waals surface area contributed by atoms with Gasteiger partial charge in [-0.2, -0.15) is 0 Å². The summed E-state index contributed by atoms with van der Waals surface area (Å²) in [5.74, 6) is 0.0190. The molecule has 0 atom stereocenters. The highest BCUT2D eigenvalue weighted by Crippen LogP contribution is 2.16. The lowest BCUT2D eigenvalue weighted by molar-refractivity contribution is 0.0971. The van der Waals surface area contributed by atoms with Gasteiger partial charge in [0, 0.05) is 25.4 Å². The van der Waals surface area contributed by atoms with Crippen molar-refractivity contribution in [2.45, 2.75) is 0 Å². The molecule has 4 N–H and O–H groups in total. The third kappa shape index (κ3) is 4.01. The van der Waals surface area contributed by atoms with Crippen LogP contribution in [0.4, 0.5) is 5.69 Å². The Kier molecular flexibility index (Phi) is 5.38. The van der Waals surface area contributed by atoms with E-state index >= 15 is 0 Å². The SMILES string of the molecule is CN(CCOCCO)c1cnccc1C(=N)N. The fourth-order valence-corrected chi connectivity index (χ4v) is 1.41. The summed E-state index contributed by atoms with van der Waals surface area (Å²) < 4.78 is 5.18. The van der Waals surface area contributed by atoms with Crippen molar-refractivity contribution >= 4 is 11.5 Å². The fraction of sp³-hybridized carbons (Fsp3) is 0.455. The Bertz CT molecular complexity index is 370. The molecule has 0 spiro atoms. The van der Waals surface area contributed by atoms with Crippen LogP contribution in [0, 0.1) is 5.41 Å². The van der Waals surface area contributed by atoms with E-state index in [1.54, 1.807) is 18.5 Å². The third-order valence-corrected chi connectivity index (χ3v) is 2.31. The summed E-state index contributed by atoms with van der Waals surface area (Å²) >= 11 is 0. The van der Waals surface area contributed by atoms with Crippen LogP contribution < -0.4 is 10.6 Å². The Morgan fingerprint density at radius 1 is 1.59 bits per heavy atom. The molecule has 0 saturated carbocycles. The average molecular weight is 238 g/mol. The molecule has 0 amide bonds. The quantitative estimate of drug-likeness (QED) is 0.348. The maximum atomic E-state index is 8.57. The van der Waals surface area contributed by atoms with E-state index in [1.807, 2.05) is 11.9 Å². The first-order valence-corrected chi connectivity index (χ1v) is 5.35. The number of aromatic nitrogens is 1. The number of rotatable bonds is 7. The smallest absolute Gasteiger partial charge is 0.125 e. The van der Waals surface area contributed by atoms with Crippen molar-refractivity contribution in [1.29, 1.82) is 5.41 Å². The summed E-state index contributed by atoms with van der Waals surface area (Å²) in [6.45, 7) is 1.50. The van der Waals surface area contributed by atoms with Crippen LogP contribution in [0.25, 0.3) is 0 Å². The molecular formula is C11H18N4O2. The minimum Gasteiger partial charge on any atom is -0.394 e. The van der Waals surface area contributed by atoms with Gasteiger partial charge in [0.1, 0.15) is 5.84 Å². The van der Waals surface area contributed by atoms with Gasteiger partial charge in [0.25, 0.3) is 0 Å². The maximum absolute atomic E-state index is 8.57. The number of hydrogen-bond donors (Lipinski definition) is 3. The molecule has 0 aliphatic carbocycles. The van der Waals surface area contributed by atoms with E-state index in [2.05, 4.69) is 4.98 Å². The Hall–Kier alpha value is -1.66. The van der Waals surface area contributed by atoms with Gasteiger partial charge in [0.15, 0.2) is 0 Å². The number of nitrogens with two attached hydrogens (primary N) is 1. The largest absolute Gasteiger partial charge is 0.394 e. The van der Waals surface area contributed by atoms with Gasteiger partial charge in [0.05, 0.1) is 31.7 Å². The second kappa shape index (κ2) is 6.82. The van der Waals surface area contributed by atoms with Gasteiger partial charge in [-0.25, -0.2) is 0 Å². The van der Waals surface area contributed by atoms with Crippen molar-refractivity contribution in [3.05, 3.63) is 24.0 Å². The Morgan fingerprint density at radius 2 is 2.35 bits per heavy atom. The Labute approximate surface area is 101 Å². The Morgan fingerprint density at radius 3 is 3.00 bits per heavy atom. The molecular weight excluding hydrogens is 220 g/mol. The molecule has 0 aromatic carbocycles. The van der Waals surface area contributed by atoms with E-state index in [0.717, 1.165) is 5.69 Å². The van der Waals surface area contributed by atoms with Crippen LogP contribution in [0.2, 0.25) is 0 Å². The van der Waals surface area contributed by atoms with Crippen molar-refractivity contribution in [2.75, 3.05) is 38.3 Å². The van der Waals surface area contributed by atoms with Crippen molar-refractivity contribution in [1.82, 2.24) is 4.98 Å². The van der Waals surface area contributed by atoms with E-state index in [9.17, 15) is 0 Å². The molecule has 0 fully saturated rings. The van der Waals surface area contributed by atoms with Gasteiger partial charge in [-0.15, -0.1) is 0 Å². The van der Waals surface area contributed by atoms with Gasteiger partial charge in [0.2, 0.25) is 0 Å². The van der Waals surface area contributed by atoms with E-state index in [-0.39, 0.29) is 12.4 Å². The lowest BCUT2D eigenvalue weighted by Gasteiger charge is -2.21. The van der Waals surface area contributed by atoms with Crippen LogP contribution in [-0.2, 0) is 4.74 Å². The van der Waals surface area contributed by atoms with Gasteiger partial charge < -0.3 is 20.5 Å². The maximum Gasteiger partial charge on any atom is 0.125 e. The second-order valence-corrected chi connectivity index (χ2v) is 3.56. The molecule has 1 rings (SSSR count). The predicted octanol–water partition coefficient (Wildman–Crippen LogP) is -0.189. The van der Waals surface area contributed by atoms with Gasteiger partial charge in [-0.05, 0) is 6.07 Å². The molecule has 1 heterocycles. The summed E-state index contributed by atoms with van der Waals surface area (Å²) in [5, 5.41) is 16.0. The number of pyridine rings is 1. The van der Waals surface area contributed by atoms with Crippen molar-refractivity contribution in [3.63, 3.8) is 0 Å². The number of anilines is 1. The number of likely N-dealkylation sites (N-methyl/N-ethyl adjacent to an activating group) is 1. The number of nitrogens with one attached hydrogen (secondary N) is 1. The molecule has 0 aliphatic rings. The number of aliphatic hydroxyl groups excluding tert-OH is 1. The monoisotopic (exact) mass is 238 g/mol. The summed E-state index contributed by atoms with van der Waals surface area (Å²) in [7, 11) is 1.88. The zero-order valence-electron chi connectivity index (χ0n) is 9.89. The van der Waals surface area contributed by atoms with E-state index in [4.69, 9.17) is 21.0 Å². The van der Waals surface area contributed by atoms with Gasteiger partial charge in [-0.3, -0.25) is 10.4 Å². The van der Waals surface area contributed by atoms with Crippen LogP contribution >= 0.6 is 0 Å². The zero-order chi connectivity index (χ0) is 12.7. The Balaban J connectivity index is 2.62. The lowest BCUT2D eigenvalue weighted by Crippen LogP contribution is -2.26. The molecule has 0 bridgehead atoms. The van der Waals surface area contributed by atoms with E-state index in [1.165, 1.54) is 0 Å². The number of hydrogen-bond acceptors (Lipinski definition) is 5. The molecule has 1 aromatic heterocycles. The number of nitrogen functional groups attached to an aromatic ring is 1. The molecule has 6 nitrogen and oxygen atoms in total. The minimum absolute atomic E-state index is 0.0190. The van der Waals surface area contributed by atoms with Crippen LogP contribution in [0.1, 0.15) is 5.56 Å². The lowest BCUT2D eigenvalue weighted by atomic mass is 10.2. The van der Waals surface area contributed by atoms with E-state index < -0.39 is 0 Å². The van der Waals surface area contributed by atoms with Crippen LogP contribution in [0.5, 0.6) is 0 Å². The third-order valence-electron chi connectivity index (χ3n) is 2.31. The van der Waals surface area contributed by atoms with Crippen LogP contribution in [0.15, 0.2) is 18.5 Å². The standard InChI is InChI=1S/C11H18N4O2/c1-15(4-6-17-7-5-16)10-8-14-3-2-9(10)11(12)13/h2-3,8,16H,4-7H2,1H3,(H3,12,13). The van der Waals surface area contributed by atoms with Crippen molar-refractivity contribution in [2.24, 2.45) is 5.73 Å². The number of amidine groups is 1. The molecule has 94 valence electrons. The predicted molar refractivity (Wildman–Crippen MR) is 66.4 cm³/mol. The number of aliphatic hydroxyl groups is 1. The highest BCUT2D eigenvalue weighted by Gasteiger charge is 2.09. The molecule has 0 aliphatic heterocycles. The fourth-order valence-electron chi connectivity index (χ4n) is 1.41. The molecule has 0 unspecified atom stereocenters. The molecule has 17 heavy (non-hydrogen) atoms. The highest BCUT2D eigenvalue weighted by molar-refractivity contribution is 6.00. The van der Waals surface area contributed by atoms with Crippen molar-refractivity contribution < 1.29 is 9.84 Å². The first kappa shape index (κ1) is 13.4. The average Bonchev–Trinajstić information content (AvgIpc) is 2.34. The first-order chi connectivity index (χ1) is 8.16. The summed E-state index contributed by atoms with van der Waals surface area (Å²) in [5.41, 5.74) is 6.95. The number of nitrogens with zero attached hydrogens (tertiary/aromatic N) is 2. The highest BCUT2D eigenvalue weighted by atomic mass is 16.5. The van der Waals surface area contributed by atoms with Gasteiger partial charge >= 0.3 is 0 Å².